The molecule has 104 valence electrons. The molecule has 0 radical (unpaired) electrons. The van der Waals surface area contributed by atoms with Crippen molar-refractivity contribution in [1.82, 2.24) is 14.8 Å². The number of halogens is 1. The standard InChI is InChI=1S/C15H11ClN4O/c16-11-6-8-12(9-7-11)18-15(21)14-17-10-20(19-14)13-4-2-1-3-5-13/h1-10H,(H,18,21). The number of amides is 1. The van der Waals surface area contributed by atoms with E-state index in [9.17, 15) is 4.79 Å². The molecule has 0 fully saturated rings. The van der Waals surface area contributed by atoms with E-state index in [1.165, 1.54) is 6.33 Å². The zero-order chi connectivity index (χ0) is 14.7. The number of carbonyl (C=O) groups excluding carboxylic acids is 1. The van der Waals surface area contributed by atoms with E-state index < -0.39 is 0 Å². The molecule has 2 aromatic carbocycles. The lowest BCUT2D eigenvalue weighted by molar-refractivity contribution is 0.101. The molecule has 0 spiro atoms. The Kier molecular flexibility index (Phi) is 3.66. The van der Waals surface area contributed by atoms with Gasteiger partial charge in [-0.1, -0.05) is 29.8 Å². The average Bonchev–Trinajstić information content (AvgIpc) is 3.00. The van der Waals surface area contributed by atoms with Gasteiger partial charge in [0, 0.05) is 10.7 Å². The first kappa shape index (κ1) is 13.3. The maximum Gasteiger partial charge on any atom is 0.295 e. The minimum absolute atomic E-state index is 0.105. The Morgan fingerprint density at radius 2 is 1.76 bits per heavy atom. The summed E-state index contributed by atoms with van der Waals surface area (Å²) in [6.07, 6.45) is 1.51. The molecule has 0 aliphatic heterocycles. The van der Waals surface area contributed by atoms with Gasteiger partial charge >= 0.3 is 0 Å². The monoisotopic (exact) mass is 298 g/mol. The Hall–Kier alpha value is -2.66. The molecule has 0 unspecified atom stereocenters. The normalized spacial score (nSPS) is 10.3. The van der Waals surface area contributed by atoms with Crippen molar-refractivity contribution >= 4 is 23.2 Å². The highest BCUT2D eigenvalue weighted by Gasteiger charge is 2.12. The molecule has 0 aliphatic rings. The van der Waals surface area contributed by atoms with Crippen molar-refractivity contribution in [2.24, 2.45) is 0 Å². The maximum atomic E-state index is 12.1. The van der Waals surface area contributed by atoms with Crippen LogP contribution < -0.4 is 5.32 Å². The van der Waals surface area contributed by atoms with Gasteiger partial charge in [-0.2, -0.15) is 0 Å². The smallest absolute Gasteiger partial charge is 0.295 e. The van der Waals surface area contributed by atoms with Crippen molar-refractivity contribution in [2.45, 2.75) is 0 Å². The van der Waals surface area contributed by atoms with Crippen LogP contribution in [0.15, 0.2) is 60.9 Å². The molecule has 1 N–H and O–H groups in total. The molecule has 0 saturated heterocycles. The lowest BCUT2D eigenvalue weighted by Crippen LogP contribution is -2.14. The van der Waals surface area contributed by atoms with Gasteiger partial charge in [0.05, 0.1) is 5.69 Å². The Labute approximate surface area is 126 Å². The molecule has 3 aromatic rings. The maximum absolute atomic E-state index is 12.1. The highest BCUT2D eigenvalue weighted by atomic mass is 35.5. The lowest BCUT2D eigenvalue weighted by Gasteiger charge is -2.02. The summed E-state index contributed by atoms with van der Waals surface area (Å²) in [5, 5.41) is 7.49. The summed E-state index contributed by atoms with van der Waals surface area (Å²) in [5.74, 6) is -0.263. The third-order valence-corrected chi connectivity index (χ3v) is 3.07. The Morgan fingerprint density at radius 3 is 2.48 bits per heavy atom. The SMILES string of the molecule is O=C(Nc1ccc(Cl)cc1)c1ncn(-c2ccccc2)n1. The van der Waals surface area contributed by atoms with Gasteiger partial charge in [0.1, 0.15) is 6.33 Å². The summed E-state index contributed by atoms with van der Waals surface area (Å²) in [5.41, 5.74) is 1.48. The Morgan fingerprint density at radius 1 is 1.05 bits per heavy atom. The number of para-hydroxylation sites is 1. The molecule has 1 aromatic heterocycles. The van der Waals surface area contributed by atoms with Gasteiger partial charge < -0.3 is 5.32 Å². The van der Waals surface area contributed by atoms with Crippen LogP contribution in [0, 0.1) is 0 Å². The second-order valence-electron chi connectivity index (χ2n) is 4.31. The second kappa shape index (κ2) is 5.76. The second-order valence-corrected chi connectivity index (χ2v) is 4.75. The van der Waals surface area contributed by atoms with Crippen LogP contribution in [0.2, 0.25) is 5.02 Å². The third kappa shape index (κ3) is 3.09. The minimum atomic E-state index is -0.369. The van der Waals surface area contributed by atoms with Gasteiger partial charge in [-0.3, -0.25) is 4.79 Å². The quantitative estimate of drug-likeness (QED) is 0.808. The molecule has 0 bridgehead atoms. The van der Waals surface area contributed by atoms with Crippen LogP contribution >= 0.6 is 11.6 Å². The number of rotatable bonds is 3. The number of hydrogen-bond acceptors (Lipinski definition) is 3. The number of hydrogen-bond donors (Lipinski definition) is 1. The lowest BCUT2D eigenvalue weighted by atomic mass is 10.3. The zero-order valence-electron chi connectivity index (χ0n) is 10.9. The number of benzene rings is 2. The molecule has 21 heavy (non-hydrogen) atoms. The van der Waals surface area contributed by atoms with E-state index in [0.717, 1.165) is 5.69 Å². The van der Waals surface area contributed by atoms with Crippen molar-refractivity contribution in [1.29, 1.82) is 0 Å². The summed E-state index contributed by atoms with van der Waals surface area (Å²) in [4.78, 5) is 16.1. The molecular weight excluding hydrogens is 288 g/mol. The molecule has 3 rings (SSSR count). The fourth-order valence-electron chi connectivity index (χ4n) is 1.79. The van der Waals surface area contributed by atoms with Crippen molar-refractivity contribution in [3.8, 4) is 5.69 Å². The number of carbonyl (C=O) groups is 1. The van der Waals surface area contributed by atoms with Crippen LogP contribution in [0.4, 0.5) is 5.69 Å². The number of nitrogens with one attached hydrogen (secondary N) is 1. The topological polar surface area (TPSA) is 59.8 Å². The first-order valence-electron chi connectivity index (χ1n) is 6.26. The predicted molar refractivity (Wildman–Crippen MR) is 80.8 cm³/mol. The van der Waals surface area contributed by atoms with Crippen molar-refractivity contribution in [3.05, 3.63) is 71.8 Å². The molecule has 0 atom stereocenters. The first-order chi connectivity index (χ1) is 10.2. The van der Waals surface area contributed by atoms with E-state index >= 15 is 0 Å². The van der Waals surface area contributed by atoms with Gasteiger partial charge in [-0.05, 0) is 36.4 Å². The number of aromatic nitrogens is 3. The summed E-state index contributed by atoms with van der Waals surface area (Å²) in [6.45, 7) is 0. The highest BCUT2D eigenvalue weighted by Crippen LogP contribution is 2.14. The summed E-state index contributed by atoms with van der Waals surface area (Å²) >= 11 is 5.80. The van der Waals surface area contributed by atoms with Crippen LogP contribution in [0.1, 0.15) is 10.6 Å². The molecular formula is C15H11ClN4O. The van der Waals surface area contributed by atoms with E-state index in [1.54, 1.807) is 28.9 Å². The molecule has 0 aliphatic carbocycles. The van der Waals surface area contributed by atoms with Crippen LogP contribution in [-0.4, -0.2) is 20.7 Å². The molecule has 5 nitrogen and oxygen atoms in total. The van der Waals surface area contributed by atoms with Crippen molar-refractivity contribution in [3.63, 3.8) is 0 Å². The van der Waals surface area contributed by atoms with Crippen molar-refractivity contribution < 1.29 is 4.79 Å². The Bertz CT molecular complexity index is 753. The van der Waals surface area contributed by atoms with Crippen molar-refractivity contribution in [2.75, 3.05) is 5.32 Å². The van der Waals surface area contributed by atoms with Crippen LogP contribution in [0.5, 0.6) is 0 Å². The average molecular weight is 299 g/mol. The number of nitrogens with zero attached hydrogens (tertiary/aromatic N) is 3. The van der Waals surface area contributed by atoms with Gasteiger partial charge in [-0.25, -0.2) is 9.67 Å². The fourth-order valence-corrected chi connectivity index (χ4v) is 1.92. The summed E-state index contributed by atoms with van der Waals surface area (Å²) in [7, 11) is 0. The molecule has 1 heterocycles. The molecule has 0 saturated carbocycles. The largest absolute Gasteiger partial charge is 0.319 e. The van der Waals surface area contributed by atoms with Gasteiger partial charge in [0.25, 0.3) is 5.91 Å². The highest BCUT2D eigenvalue weighted by molar-refractivity contribution is 6.30. The van der Waals surface area contributed by atoms with E-state index in [2.05, 4.69) is 15.4 Å². The third-order valence-electron chi connectivity index (χ3n) is 2.82. The van der Waals surface area contributed by atoms with Crippen LogP contribution in [-0.2, 0) is 0 Å². The summed E-state index contributed by atoms with van der Waals surface area (Å²) < 4.78 is 1.55. The van der Waals surface area contributed by atoms with Crippen LogP contribution in [0.25, 0.3) is 5.69 Å². The fraction of sp³-hybridized carbons (Fsp3) is 0. The van der Waals surface area contributed by atoms with E-state index in [4.69, 9.17) is 11.6 Å². The number of anilines is 1. The van der Waals surface area contributed by atoms with Crippen LogP contribution in [0.3, 0.4) is 0 Å². The zero-order valence-corrected chi connectivity index (χ0v) is 11.7. The van der Waals surface area contributed by atoms with Gasteiger partial charge in [-0.15, -0.1) is 5.10 Å². The molecule has 1 amide bonds. The first-order valence-corrected chi connectivity index (χ1v) is 6.64. The summed E-state index contributed by atoms with van der Waals surface area (Å²) in [6, 6.07) is 16.3. The van der Waals surface area contributed by atoms with E-state index in [1.807, 2.05) is 30.3 Å². The Balaban J connectivity index is 1.77. The minimum Gasteiger partial charge on any atom is -0.319 e. The van der Waals surface area contributed by atoms with E-state index in [-0.39, 0.29) is 11.7 Å². The predicted octanol–water partition coefficient (Wildman–Crippen LogP) is 3.17. The molecule has 6 heteroatoms. The van der Waals surface area contributed by atoms with Gasteiger partial charge in [0.15, 0.2) is 0 Å². The van der Waals surface area contributed by atoms with Gasteiger partial charge in [0.2, 0.25) is 5.82 Å². The van der Waals surface area contributed by atoms with E-state index in [0.29, 0.717) is 10.7 Å².